The summed E-state index contributed by atoms with van der Waals surface area (Å²) in [6.07, 6.45) is 2.94. The third-order valence-corrected chi connectivity index (χ3v) is 4.89. The first-order chi connectivity index (χ1) is 12.0. The van der Waals surface area contributed by atoms with Crippen molar-refractivity contribution in [1.82, 2.24) is 19.4 Å². The fourth-order valence-electron chi connectivity index (χ4n) is 2.99. The van der Waals surface area contributed by atoms with Crippen LogP contribution in [-0.4, -0.2) is 55.6 Å². The molecule has 2 heterocycles. The molecule has 0 saturated carbocycles. The van der Waals surface area contributed by atoms with Crippen molar-refractivity contribution in [2.75, 3.05) is 32.5 Å². The number of aromatic nitrogens is 2. The number of hydrogen-bond acceptors (Lipinski definition) is 5. The molecule has 0 aliphatic carbocycles. The normalized spacial score (nSPS) is 18.2. The van der Waals surface area contributed by atoms with Crippen LogP contribution in [0.5, 0.6) is 0 Å². The molecule has 136 valence electrons. The number of ether oxygens (including phenoxy) is 1. The highest BCUT2D eigenvalue weighted by molar-refractivity contribution is 7.88. The van der Waals surface area contributed by atoms with E-state index in [1.165, 1.54) is 6.26 Å². The minimum Gasteiger partial charge on any atom is -0.375 e. The van der Waals surface area contributed by atoms with E-state index in [0.29, 0.717) is 19.8 Å². The maximum absolute atomic E-state index is 11.4. The Morgan fingerprint density at radius 3 is 2.84 bits per heavy atom. The standard InChI is InChI=1S/C17H24N4O3S/c1-25(22,23)19-11-17-13-20(12-16-7-8-18-21(16)17)9-10-24-14-15-5-3-2-4-6-15/h2-8,17,19H,9-14H2,1H3. The maximum atomic E-state index is 11.4. The predicted molar refractivity (Wildman–Crippen MR) is 95.5 cm³/mol. The molecular weight excluding hydrogens is 340 g/mol. The molecule has 0 spiro atoms. The number of fused-ring (bicyclic) bond motifs is 1. The molecule has 8 heteroatoms. The van der Waals surface area contributed by atoms with Crippen molar-refractivity contribution in [2.45, 2.75) is 19.2 Å². The molecule has 1 unspecified atom stereocenters. The van der Waals surface area contributed by atoms with E-state index in [9.17, 15) is 8.42 Å². The fraction of sp³-hybridized carbons (Fsp3) is 0.471. The predicted octanol–water partition coefficient (Wildman–Crippen LogP) is 1.01. The van der Waals surface area contributed by atoms with Gasteiger partial charge in [-0.25, -0.2) is 13.1 Å². The van der Waals surface area contributed by atoms with Crippen molar-refractivity contribution in [3.8, 4) is 0 Å². The summed E-state index contributed by atoms with van der Waals surface area (Å²) in [7, 11) is -3.21. The van der Waals surface area contributed by atoms with Crippen LogP contribution < -0.4 is 4.72 Å². The molecule has 1 aromatic heterocycles. The molecule has 0 amide bonds. The van der Waals surface area contributed by atoms with Gasteiger partial charge in [0.2, 0.25) is 10.0 Å². The van der Waals surface area contributed by atoms with Crippen LogP contribution in [0.3, 0.4) is 0 Å². The van der Waals surface area contributed by atoms with Gasteiger partial charge in [-0.05, 0) is 11.6 Å². The molecule has 1 aliphatic rings. The molecule has 25 heavy (non-hydrogen) atoms. The van der Waals surface area contributed by atoms with E-state index in [4.69, 9.17) is 4.74 Å². The average molecular weight is 364 g/mol. The van der Waals surface area contributed by atoms with Gasteiger partial charge >= 0.3 is 0 Å². The SMILES string of the molecule is CS(=O)(=O)NCC1CN(CCOCc2ccccc2)Cc2ccnn21. The number of nitrogens with one attached hydrogen (secondary N) is 1. The summed E-state index contributed by atoms with van der Waals surface area (Å²) < 4.78 is 33.0. The summed E-state index contributed by atoms with van der Waals surface area (Å²) in [6.45, 7) is 3.92. The van der Waals surface area contributed by atoms with Crippen molar-refractivity contribution in [3.63, 3.8) is 0 Å². The number of sulfonamides is 1. The molecule has 0 saturated heterocycles. The molecule has 1 N–H and O–H groups in total. The molecule has 3 rings (SSSR count). The second kappa shape index (κ2) is 8.09. The number of rotatable bonds is 8. The lowest BCUT2D eigenvalue weighted by Gasteiger charge is -2.33. The van der Waals surface area contributed by atoms with E-state index >= 15 is 0 Å². The van der Waals surface area contributed by atoms with E-state index in [1.54, 1.807) is 6.20 Å². The first-order valence-corrected chi connectivity index (χ1v) is 10.2. The van der Waals surface area contributed by atoms with Gasteiger partial charge in [-0.2, -0.15) is 5.10 Å². The lowest BCUT2D eigenvalue weighted by atomic mass is 10.2. The van der Waals surface area contributed by atoms with Gasteiger partial charge < -0.3 is 4.74 Å². The molecule has 0 fully saturated rings. The van der Waals surface area contributed by atoms with Gasteiger partial charge in [0.1, 0.15) is 0 Å². The average Bonchev–Trinajstić information content (AvgIpc) is 3.05. The third-order valence-electron chi connectivity index (χ3n) is 4.20. The summed E-state index contributed by atoms with van der Waals surface area (Å²) in [5, 5.41) is 4.33. The summed E-state index contributed by atoms with van der Waals surface area (Å²) in [4.78, 5) is 2.27. The van der Waals surface area contributed by atoms with Crippen molar-refractivity contribution < 1.29 is 13.2 Å². The van der Waals surface area contributed by atoms with Gasteiger partial charge in [0.15, 0.2) is 0 Å². The zero-order valence-electron chi connectivity index (χ0n) is 14.3. The second-order valence-electron chi connectivity index (χ2n) is 6.31. The van der Waals surface area contributed by atoms with Crippen LogP contribution in [0.4, 0.5) is 0 Å². The first-order valence-electron chi connectivity index (χ1n) is 8.32. The van der Waals surface area contributed by atoms with Crippen LogP contribution in [-0.2, 0) is 27.9 Å². The highest BCUT2D eigenvalue weighted by atomic mass is 32.2. The van der Waals surface area contributed by atoms with Crippen LogP contribution in [0.25, 0.3) is 0 Å². The Hall–Kier alpha value is -1.74. The van der Waals surface area contributed by atoms with Crippen LogP contribution >= 0.6 is 0 Å². The van der Waals surface area contributed by atoms with E-state index in [1.807, 2.05) is 41.1 Å². The zero-order chi connectivity index (χ0) is 17.7. The van der Waals surface area contributed by atoms with Gasteiger partial charge in [0, 0.05) is 32.4 Å². The third kappa shape index (κ3) is 5.37. The summed E-state index contributed by atoms with van der Waals surface area (Å²) >= 11 is 0. The van der Waals surface area contributed by atoms with Gasteiger partial charge in [0.25, 0.3) is 0 Å². The molecule has 7 nitrogen and oxygen atoms in total. The molecular formula is C17H24N4O3S. The van der Waals surface area contributed by atoms with Crippen LogP contribution in [0, 0.1) is 0 Å². The maximum Gasteiger partial charge on any atom is 0.208 e. The number of benzene rings is 1. The van der Waals surface area contributed by atoms with Crippen molar-refractivity contribution in [3.05, 3.63) is 53.9 Å². The number of hydrogen-bond donors (Lipinski definition) is 1. The number of nitrogens with zero attached hydrogens (tertiary/aromatic N) is 3. The van der Waals surface area contributed by atoms with Gasteiger partial charge in [-0.3, -0.25) is 9.58 Å². The largest absolute Gasteiger partial charge is 0.375 e. The van der Waals surface area contributed by atoms with Crippen molar-refractivity contribution >= 4 is 10.0 Å². The summed E-state index contributed by atoms with van der Waals surface area (Å²) in [5.74, 6) is 0. The minimum absolute atomic E-state index is 0.0115. The van der Waals surface area contributed by atoms with Gasteiger partial charge in [0.05, 0.1) is 31.2 Å². The highest BCUT2D eigenvalue weighted by Gasteiger charge is 2.25. The van der Waals surface area contributed by atoms with Crippen LogP contribution in [0.1, 0.15) is 17.3 Å². The monoisotopic (exact) mass is 364 g/mol. The summed E-state index contributed by atoms with van der Waals surface area (Å²) in [5.41, 5.74) is 2.25. The fourth-order valence-corrected chi connectivity index (χ4v) is 3.49. The molecule has 1 aromatic carbocycles. The van der Waals surface area contributed by atoms with Crippen LogP contribution in [0.15, 0.2) is 42.6 Å². The second-order valence-corrected chi connectivity index (χ2v) is 8.15. The van der Waals surface area contributed by atoms with E-state index in [0.717, 1.165) is 30.9 Å². The van der Waals surface area contributed by atoms with E-state index in [2.05, 4.69) is 14.7 Å². The molecule has 2 aromatic rings. The first kappa shape index (κ1) is 18.1. The Labute approximate surface area is 148 Å². The van der Waals surface area contributed by atoms with Gasteiger partial charge in [-0.15, -0.1) is 0 Å². The van der Waals surface area contributed by atoms with Crippen molar-refractivity contribution in [1.29, 1.82) is 0 Å². The van der Waals surface area contributed by atoms with Gasteiger partial charge in [-0.1, -0.05) is 30.3 Å². The zero-order valence-corrected chi connectivity index (χ0v) is 15.2. The molecule has 1 aliphatic heterocycles. The Kier molecular flexibility index (Phi) is 5.85. The quantitative estimate of drug-likeness (QED) is 0.708. The highest BCUT2D eigenvalue weighted by Crippen LogP contribution is 2.19. The van der Waals surface area contributed by atoms with E-state index in [-0.39, 0.29) is 6.04 Å². The van der Waals surface area contributed by atoms with Crippen LogP contribution in [0.2, 0.25) is 0 Å². The lowest BCUT2D eigenvalue weighted by Crippen LogP contribution is -2.43. The lowest BCUT2D eigenvalue weighted by molar-refractivity contribution is 0.0758. The Balaban J connectivity index is 1.51. The Morgan fingerprint density at radius 2 is 2.08 bits per heavy atom. The van der Waals surface area contributed by atoms with Crippen molar-refractivity contribution in [2.24, 2.45) is 0 Å². The topological polar surface area (TPSA) is 76.5 Å². The molecule has 0 radical (unpaired) electrons. The molecule has 1 atom stereocenters. The summed E-state index contributed by atoms with van der Waals surface area (Å²) in [6, 6.07) is 12.1. The Morgan fingerprint density at radius 1 is 1.28 bits per heavy atom. The minimum atomic E-state index is -3.21. The molecule has 0 bridgehead atoms. The smallest absolute Gasteiger partial charge is 0.208 e. The van der Waals surface area contributed by atoms with E-state index < -0.39 is 10.0 Å². The Bertz CT molecular complexity index is 776.